The second kappa shape index (κ2) is 6.17. The lowest BCUT2D eigenvalue weighted by molar-refractivity contribution is -0.123. The van der Waals surface area contributed by atoms with Crippen LogP contribution in [0.1, 0.15) is 39.2 Å². The van der Waals surface area contributed by atoms with Gasteiger partial charge in [-0.2, -0.15) is 0 Å². The molecule has 1 fully saturated rings. The van der Waals surface area contributed by atoms with Crippen LogP contribution >= 0.6 is 0 Å². The summed E-state index contributed by atoms with van der Waals surface area (Å²) in [6, 6.07) is 5.44. The first-order chi connectivity index (χ1) is 11.7. The Kier molecular flexibility index (Phi) is 4.31. The van der Waals surface area contributed by atoms with Crippen LogP contribution in [-0.2, 0) is 17.9 Å². The van der Waals surface area contributed by atoms with Crippen LogP contribution < -0.4 is 16.6 Å². The van der Waals surface area contributed by atoms with E-state index in [4.69, 9.17) is 0 Å². The SMILES string of the molecule is Cc1cccc2c(=O)n(CC(=O)NC(C)(C)C)c(=O)n(CC3CC3)c12. The third-order valence-electron chi connectivity index (χ3n) is 4.40. The number of carbonyl (C=O) groups excluding carboxylic acids is 1. The van der Waals surface area contributed by atoms with Crippen LogP contribution in [0.2, 0.25) is 0 Å². The molecular weight excluding hydrogens is 318 g/mol. The van der Waals surface area contributed by atoms with Gasteiger partial charge in [0.25, 0.3) is 5.56 Å². The third kappa shape index (κ3) is 3.67. The number of hydrogen-bond acceptors (Lipinski definition) is 3. The zero-order valence-electron chi connectivity index (χ0n) is 15.3. The fraction of sp³-hybridized carbons (Fsp3) is 0.526. The number of benzene rings is 1. The summed E-state index contributed by atoms with van der Waals surface area (Å²) in [7, 11) is 0. The van der Waals surface area contributed by atoms with E-state index in [1.165, 1.54) is 0 Å². The predicted molar refractivity (Wildman–Crippen MR) is 97.8 cm³/mol. The van der Waals surface area contributed by atoms with Gasteiger partial charge in [-0.25, -0.2) is 4.79 Å². The van der Waals surface area contributed by atoms with Crippen molar-refractivity contribution in [1.29, 1.82) is 0 Å². The molecule has 1 saturated carbocycles. The minimum absolute atomic E-state index is 0.260. The van der Waals surface area contributed by atoms with Crippen LogP contribution in [0.15, 0.2) is 27.8 Å². The summed E-state index contributed by atoms with van der Waals surface area (Å²) in [6.07, 6.45) is 2.20. The van der Waals surface area contributed by atoms with Crippen molar-refractivity contribution >= 4 is 16.8 Å². The summed E-state index contributed by atoms with van der Waals surface area (Å²) < 4.78 is 2.74. The fourth-order valence-electron chi connectivity index (χ4n) is 3.13. The summed E-state index contributed by atoms with van der Waals surface area (Å²) in [5.41, 5.74) is 0.374. The molecule has 0 radical (unpaired) electrons. The Morgan fingerprint density at radius 1 is 1.20 bits per heavy atom. The Morgan fingerprint density at radius 3 is 2.48 bits per heavy atom. The van der Waals surface area contributed by atoms with Crippen molar-refractivity contribution < 1.29 is 4.79 Å². The predicted octanol–water partition coefficient (Wildman–Crippen LogP) is 1.80. The molecule has 0 spiro atoms. The lowest BCUT2D eigenvalue weighted by Gasteiger charge is -2.21. The number of aryl methyl sites for hydroxylation is 1. The monoisotopic (exact) mass is 343 g/mol. The molecule has 0 bridgehead atoms. The molecule has 134 valence electrons. The van der Waals surface area contributed by atoms with Crippen molar-refractivity contribution in [3.63, 3.8) is 0 Å². The summed E-state index contributed by atoms with van der Waals surface area (Å²) in [6.45, 7) is 7.83. The van der Waals surface area contributed by atoms with Crippen molar-refractivity contribution in [3.05, 3.63) is 44.6 Å². The van der Waals surface area contributed by atoms with Gasteiger partial charge in [0.05, 0.1) is 10.9 Å². The van der Waals surface area contributed by atoms with Crippen molar-refractivity contribution in [3.8, 4) is 0 Å². The standard InChI is InChI=1S/C19H25N3O3/c1-12-6-5-7-14-16(12)21(10-13-8-9-13)18(25)22(17(14)24)11-15(23)20-19(2,3)4/h5-7,13H,8-11H2,1-4H3,(H,20,23). The number of hydrogen-bond donors (Lipinski definition) is 1. The van der Waals surface area contributed by atoms with Crippen LogP contribution in [0.25, 0.3) is 10.9 Å². The van der Waals surface area contributed by atoms with Gasteiger partial charge in [-0.3, -0.25) is 18.7 Å². The molecule has 3 rings (SSSR count). The summed E-state index contributed by atoms with van der Waals surface area (Å²) in [5.74, 6) is 0.145. The van der Waals surface area contributed by atoms with E-state index in [2.05, 4.69) is 5.32 Å². The van der Waals surface area contributed by atoms with E-state index >= 15 is 0 Å². The normalized spacial score (nSPS) is 14.7. The van der Waals surface area contributed by atoms with E-state index in [9.17, 15) is 14.4 Å². The Bertz CT molecular complexity index is 943. The van der Waals surface area contributed by atoms with E-state index in [1.807, 2.05) is 39.8 Å². The topological polar surface area (TPSA) is 73.1 Å². The van der Waals surface area contributed by atoms with Crippen LogP contribution in [-0.4, -0.2) is 20.6 Å². The molecule has 25 heavy (non-hydrogen) atoms. The molecule has 1 aliphatic rings. The number of rotatable bonds is 4. The van der Waals surface area contributed by atoms with Gasteiger partial charge >= 0.3 is 5.69 Å². The number of amides is 1. The molecule has 1 heterocycles. The van der Waals surface area contributed by atoms with Gasteiger partial charge < -0.3 is 5.32 Å². The highest BCUT2D eigenvalue weighted by atomic mass is 16.2. The smallest absolute Gasteiger partial charge is 0.331 e. The molecule has 1 aromatic carbocycles. The Balaban J connectivity index is 2.14. The van der Waals surface area contributed by atoms with Crippen LogP contribution in [0, 0.1) is 12.8 Å². The van der Waals surface area contributed by atoms with Gasteiger partial charge in [0.1, 0.15) is 6.54 Å². The van der Waals surface area contributed by atoms with Crippen LogP contribution in [0.5, 0.6) is 0 Å². The quantitative estimate of drug-likeness (QED) is 0.920. The number of para-hydroxylation sites is 1. The van der Waals surface area contributed by atoms with E-state index in [0.717, 1.165) is 23.0 Å². The highest BCUT2D eigenvalue weighted by molar-refractivity contribution is 5.82. The number of nitrogens with zero attached hydrogens (tertiary/aromatic N) is 2. The molecular formula is C19H25N3O3. The molecule has 1 aliphatic carbocycles. The summed E-state index contributed by atoms with van der Waals surface area (Å²) in [5, 5.41) is 3.30. The number of aromatic nitrogens is 2. The van der Waals surface area contributed by atoms with Gasteiger partial charge in [0.15, 0.2) is 0 Å². The molecule has 0 atom stereocenters. The maximum Gasteiger partial charge on any atom is 0.331 e. The fourth-order valence-corrected chi connectivity index (χ4v) is 3.13. The van der Waals surface area contributed by atoms with Gasteiger partial charge in [-0.1, -0.05) is 12.1 Å². The van der Waals surface area contributed by atoms with E-state index < -0.39 is 16.8 Å². The van der Waals surface area contributed by atoms with E-state index in [0.29, 0.717) is 23.4 Å². The van der Waals surface area contributed by atoms with Gasteiger partial charge in [0, 0.05) is 12.1 Å². The maximum atomic E-state index is 13.0. The van der Waals surface area contributed by atoms with Gasteiger partial charge in [0.2, 0.25) is 5.91 Å². The minimum atomic E-state index is -0.416. The number of carbonyl (C=O) groups is 1. The number of nitrogens with one attached hydrogen (secondary N) is 1. The Morgan fingerprint density at radius 2 is 1.88 bits per heavy atom. The van der Waals surface area contributed by atoms with E-state index in [1.54, 1.807) is 10.6 Å². The largest absolute Gasteiger partial charge is 0.350 e. The van der Waals surface area contributed by atoms with Crippen LogP contribution in [0.4, 0.5) is 0 Å². The molecule has 2 aromatic rings. The second-order valence-electron chi connectivity index (χ2n) is 8.00. The highest BCUT2D eigenvalue weighted by Gasteiger charge is 2.25. The zero-order valence-corrected chi connectivity index (χ0v) is 15.3. The van der Waals surface area contributed by atoms with Gasteiger partial charge in [-0.15, -0.1) is 0 Å². The van der Waals surface area contributed by atoms with Crippen molar-refractivity contribution in [2.24, 2.45) is 5.92 Å². The van der Waals surface area contributed by atoms with Crippen LogP contribution in [0.3, 0.4) is 0 Å². The summed E-state index contributed by atoms with van der Waals surface area (Å²) in [4.78, 5) is 38.1. The average Bonchev–Trinajstić information content (AvgIpc) is 3.30. The highest BCUT2D eigenvalue weighted by Crippen LogP contribution is 2.31. The minimum Gasteiger partial charge on any atom is -0.350 e. The molecule has 0 aliphatic heterocycles. The lowest BCUT2D eigenvalue weighted by Crippen LogP contribution is -2.48. The number of fused-ring (bicyclic) bond motifs is 1. The first kappa shape index (κ1) is 17.5. The van der Waals surface area contributed by atoms with Crippen molar-refractivity contribution in [2.75, 3.05) is 0 Å². The Hall–Kier alpha value is -2.37. The van der Waals surface area contributed by atoms with E-state index in [-0.39, 0.29) is 12.5 Å². The molecule has 6 nitrogen and oxygen atoms in total. The lowest BCUT2D eigenvalue weighted by atomic mass is 10.1. The van der Waals surface area contributed by atoms with Crippen molar-refractivity contribution in [1.82, 2.24) is 14.5 Å². The molecule has 0 unspecified atom stereocenters. The first-order valence-corrected chi connectivity index (χ1v) is 8.71. The third-order valence-corrected chi connectivity index (χ3v) is 4.40. The molecule has 1 aromatic heterocycles. The zero-order chi connectivity index (χ0) is 18.4. The molecule has 1 amide bonds. The maximum absolute atomic E-state index is 13.0. The van der Waals surface area contributed by atoms with Gasteiger partial charge in [-0.05, 0) is 58.1 Å². The average molecular weight is 343 g/mol. The second-order valence-corrected chi connectivity index (χ2v) is 8.00. The van der Waals surface area contributed by atoms with Crippen molar-refractivity contribution in [2.45, 2.75) is 59.2 Å². The summed E-state index contributed by atoms with van der Waals surface area (Å²) >= 11 is 0. The Labute approximate surface area is 146 Å². The molecule has 1 N–H and O–H groups in total. The molecule has 6 heteroatoms. The first-order valence-electron chi connectivity index (χ1n) is 8.71. The molecule has 0 saturated heterocycles.